The maximum absolute atomic E-state index is 12.8. The van der Waals surface area contributed by atoms with E-state index in [4.69, 9.17) is 34.8 Å². The molecule has 1 aromatic heterocycles. The molecule has 8 heteroatoms. The van der Waals surface area contributed by atoms with Crippen LogP contribution in [0.2, 0.25) is 15.1 Å². The molecule has 1 N–H and O–H groups in total. The van der Waals surface area contributed by atoms with E-state index in [-0.39, 0.29) is 11.8 Å². The Kier molecular flexibility index (Phi) is 6.42. The number of carbonyl (C=O) groups excluding carboxylic acids is 1. The highest BCUT2D eigenvalue weighted by Gasteiger charge is 2.27. The fraction of sp³-hybridized carbons (Fsp3) is 0.227. The van der Waals surface area contributed by atoms with E-state index in [2.05, 4.69) is 20.4 Å². The zero-order valence-corrected chi connectivity index (χ0v) is 18.3. The number of piperidine rings is 1. The molecule has 0 radical (unpaired) electrons. The quantitative estimate of drug-likeness (QED) is 0.521. The number of carbonyl (C=O) groups is 1. The van der Waals surface area contributed by atoms with E-state index in [1.54, 1.807) is 18.2 Å². The van der Waals surface area contributed by atoms with Crippen molar-refractivity contribution < 1.29 is 4.79 Å². The lowest BCUT2D eigenvalue weighted by atomic mass is 9.97. The van der Waals surface area contributed by atoms with Crippen LogP contribution in [0.25, 0.3) is 11.3 Å². The Morgan fingerprint density at radius 1 is 0.967 bits per heavy atom. The third kappa shape index (κ3) is 4.86. The highest BCUT2D eigenvalue weighted by molar-refractivity contribution is 6.36. The first-order chi connectivity index (χ1) is 14.5. The van der Waals surface area contributed by atoms with Crippen LogP contribution in [0.4, 0.5) is 11.5 Å². The second-order valence-electron chi connectivity index (χ2n) is 7.18. The van der Waals surface area contributed by atoms with Gasteiger partial charge in [0.15, 0.2) is 5.82 Å². The lowest BCUT2D eigenvalue weighted by molar-refractivity contribution is -0.120. The van der Waals surface area contributed by atoms with Gasteiger partial charge in [0.25, 0.3) is 0 Å². The van der Waals surface area contributed by atoms with E-state index < -0.39 is 0 Å². The first-order valence-corrected chi connectivity index (χ1v) is 10.7. The second-order valence-corrected chi connectivity index (χ2v) is 8.46. The Balaban J connectivity index is 1.43. The summed E-state index contributed by atoms with van der Waals surface area (Å²) in [6.07, 6.45) is 1.71. The van der Waals surface area contributed by atoms with Crippen molar-refractivity contribution >= 4 is 52.2 Å². The van der Waals surface area contributed by atoms with E-state index in [1.165, 1.54) is 0 Å². The molecule has 0 bridgehead atoms. The number of hydrogen-bond acceptors (Lipinski definition) is 4. The van der Waals surface area contributed by atoms with Gasteiger partial charge in [0.05, 0.1) is 22.3 Å². The summed E-state index contributed by atoms with van der Waals surface area (Å²) in [6, 6.07) is 16.4. The Hall–Kier alpha value is -2.34. The van der Waals surface area contributed by atoms with Crippen molar-refractivity contribution in [2.24, 2.45) is 5.92 Å². The van der Waals surface area contributed by atoms with Crippen molar-refractivity contribution in [3.8, 4) is 11.3 Å². The summed E-state index contributed by atoms with van der Waals surface area (Å²) in [7, 11) is 0. The van der Waals surface area contributed by atoms with E-state index in [9.17, 15) is 4.79 Å². The normalized spacial score (nSPS) is 16.4. The van der Waals surface area contributed by atoms with Crippen molar-refractivity contribution in [1.82, 2.24) is 10.2 Å². The number of anilines is 2. The predicted molar refractivity (Wildman–Crippen MR) is 123 cm³/mol. The molecular weight excluding hydrogens is 443 g/mol. The maximum Gasteiger partial charge on any atom is 0.229 e. The molecule has 30 heavy (non-hydrogen) atoms. The summed E-state index contributed by atoms with van der Waals surface area (Å²) in [5, 5.41) is 13.3. The SMILES string of the molecule is O=C(Nc1ccc(Cl)cc1Cl)C1CCCN(c2ccc(-c3ccc(Cl)cc3)nn2)C1. The predicted octanol–water partition coefficient (Wildman–Crippen LogP) is 5.96. The van der Waals surface area contributed by atoms with Crippen molar-refractivity contribution in [3.05, 3.63) is 69.7 Å². The molecule has 154 valence electrons. The van der Waals surface area contributed by atoms with E-state index >= 15 is 0 Å². The molecule has 0 saturated carbocycles. The van der Waals surface area contributed by atoms with Crippen LogP contribution in [0.1, 0.15) is 12.8 Å². The molecule has 0 spiro atoms. The molecule has 5 nitrogen and oxygen atoms in total. The van der Waals surface area contributed by atoms with Crippen LogP contribution in [-0.2, 0) is 4.79 Å². The summed E-state index contributed by atoms with van der Waals surface area (Å²) >= 11 is 18.0. The molecule has 2 heterocycles. The zero-order chi connectivity index (χ0) is 21.1. The van der Waals surface area contributed by atoms with Gasteiger partial charge in [-0.05, 0) is 55.3 Å². The van der Waals surface area contributed by atoms with Gasteiger partial charge < -0.3 is 10.2 Å². The molecule has 2 aromatic carbocycles. The first kappa shape index (κ1) is 20.9. The fourth-order valence-electron chi connectivity index (χ4n) is 3.49. The molecule has 3 aromatic rings. The molecule has 0 aliphatic carbocycles. The molecule has 1 aliphatic heterocycles. The van der Waals surface area contributed by atoms with Gasteiger partial charge in [0.1, 0.15) is 0 Å². The molecule has 1 unspecified atom stereocenters. The highest BCUT2D eigenvalue weighted by Crippen LogP contribution is 2.28. The minimum atomic E-state index is -0.164. The minimum absolute atomic E-state index is 0.0605. The largest absolute Gasteiger partial charge is 0.354 e. The van der Waals surface area contributed by atoms with E-state index in [0.717, 1.165) is 36.5 Å². The average molecular weight is 462 g/mol. The minimum Gasteiger partial charge on any atom is -0.354 e. The number of hydrogen-bond donors (Lipinski definition) is 1. The van der Waals surface area contributed by atoms with Crippen molar-refractivity contribution in [1.29, 1.82) is 0 Å². The van der Waals surface area contributed by atoms with Crippen LogP contribution in [0, 0.1) is 5.92 Å². The van der Waals surface area contributed by atoms with E-state index in [1.807, 2.05) is 36.4 Å². The summed E-state index contributed by atoms with van der Waals surface area (Å²) in [6.45, 7) is 1.41. The number of aromatic nitrogens is 2. The standard InChI is InChI=1S/C22H19Cl3N4O/c23-16-5-3-14(4-6-16)19-9-10-21(28-27-19)29-11-1-2-15(13-29)22(30)26-20-8-7-17(24)12-18(20)25/h3-10,12,15H,1-2,11,13H2,(H,26,30). The Bertz CT molecular complexity index is 1040. The summed E-state index contributed by atoms with van der Waals surface area (Å²) < 4.78 is 0. The van der Waals surface area contributed by atoms with Gasteiger partial charge in [-0.1, -0.05) is 46.9 Å². The smallest absolute Gasteiger partial charge is 0.229 e. The highest BCUT2D eigenvalue weighted by atomic mass is 35.5. The van der Waals surface area contributed by atoms with Crippen LogP contribution in [0.5, 0.6) is 0 Å². The van der Waals surface area contributed by atoms with Gasteiger partial charge in [0.2, 0.25) is 5.91 Å². The third-order valence-electron chi connectivity index (χ3n) is 5.10. The Labute approximate surface area is 190 Å². The van der Waals surface area contributed by atoms with Gasteiger partial charge in [-0.2, -0.15) is 0 Å². The van der Waals surface area contributed by atoms with Crippen LogP contribution < -0.4 is 10.2 Å². The van der Waals surface area contributed by atoms with Gasteiger partial charge in [0, 0.05) is 28.7 Å². The summed E-state index contributed by atoms with van der Waals surface area (Å²) in [5.74, 6) is 0.535. The van der Waals surface area contributed by atoms with E-state index in [0.29, 0.717) is 27.3 Å². The molecular formula is C22H19Cl3N4O. The van der Waals surface area contributed by atoms with Gasteiger partial charge in [-0.3, -0.25) is 4.79 Å². The number of rotatable bonds is 4. The molecule has 1 fully saturated rings. The molecule has 1 amide bonds. The van der Waals surface area contributed by atoms with Crippen LogP contribution >= 0.6 is 34.8 Å². The number of amides is 1. The second kappa shape index (κ2) is 9.21. The fourth-order valence-corrected chi connectivity index (χ4v) is 4.08. The lowest BCUT2D eigenvalue weighted by Gasteiger charge is -2.32. The number of benzene rings is 2. The lowest BCUT2D eigenvalue weighted by Crippen LogP contribution is -2.41. The monoisotopic (exact) mass is 460 g/mol. The molecule has 4 rings (SSSR count). The molecule has 1 aliphatic rings. The Morgan fingerprint density at radius 2 is 1.73 bits per heavy atom. The van der Waals surface area contributed by atoms with Crippen molar-refractivity contribution in [3.63, 3.8) is 0 Å². The zero-order valence-electron chi connectivity index (χ0n) is 16.0. The summed E-state index contributed by atoms with van der Waals surface area (Å²) in [4.78, 5) is 14.9. The third-order valence-corrected chi connectivity index (χ3v) is 5.90. The number of halogens is 3. The number of nitrogens with zero attached hydrogens (tertiary/aromatic N) is 3. The van der Waals surface area contributed by atoms with Crippen LogP contribution in [0.3, 0.4) is 0 Å². The van der Waals surface area contributed by atoms with Gasteiger partial charge >= 0.3 is 0 Å². The van der Waals surface area contributed by atoms with Gasteiger partial charge in [-0.25, -0.2) is 0 Å². The van der Waals surface area contributed by atoms with Gasteiger partial charge in [-0.15, -0.1) is 10.2 Å². The summed E-state index contributed by atoms with van der Waals surface area (Å²) in [5.41, 5.74) is 2.29. The Morgan fingerprint density at radius 3 is 2.43 bits per heavy atom. The maximum atomic E-state index is 12.8. The van der Waals surface area contributed by atoms with Crippen molar-refractivity contribution in [2.75, 3.05) is 23.3 Å². The molecule has 1 atom stereocenters. The average Bonchev–Trinajstić information content (AvgIpc) is 2.76. The number of nitrogens with one attached hydrogen (secondary N) is 1. The van der Waals surface area contributed by atoms with Crippen molar-refractivity contribution in [2.45, 2.75) is 12.8 Å². The van der Waals surface area contributed by atoms with Crippen LogP contribution in [-0.4, -0.2) is 29.2 Å². The topological polar surface area (TPSA) is 58.1 Å². The first-order valence-electron chi connectivity index (χ1n) is 9.60. The van der Waals surface area contributed by atoms with Crippen LogP contribution in [0.15, 0.2) is 54.6 Å². The molecule has 1 saturated heterocycles.